The molecule has 0 fully saturated rings. The highest BCUT2D eigenvalue weighted by molar-refractivity contribution is 7.26. The molecule has 4 nitrogen and oxygen atoms in total. The maximum absolute atomic E-state index is 5.31. The fraction of sp³-hybridized carbons (Fsp3) is 0. The highest BCUT2D eigenvalue weighted by atomic mass is 32.1. The van der Waals surface area contributed by atoms with Gasteiger partial charge in [-0.15, -0.1) is 22.7 Å². The van der Waals surface area contributed by atoms with Crippen LogP contribution in [-0.2, 0) is 0 Å². The lowest BCUT2D eigenvalue weighted by Gasteiger charge is -2.12. The van der Waals surface area contributed by atoms with Crippen molar-refractivity contribution in [3.05, 3.63) is 182 Å². The molecule has 57 heavy (non-hydrogen) atoms. The molecule has 0 bridgehead atoms. The van der Waals surface area contributed by atoms with Crippen molar-refractivity contribution < 1.29 is 0 Å². The number of hydrogen-bond donors (Lipinski definition) is 0. The van der Waals surface area contributed by atoms with Crippen LogP contribution in [0.4, 0.5) is 0 Å². The molecule has 4 aromatic heterocycles. The van der Waals surface area contributed by atoms with Gasteiger partial charge in [0.1, 0.15) is 0 Å². The zero-order chi connectivity index (χ0) is 37.5. The van der Waals surface area contributed by atoms with Crippen molar-refractivity contribution in [2.75, 3.05) is 0 Å². The Hall–Kier alpha value is -6.99. The van der Waals surface area contributed by atoms with E-state index in [9.17, 15) is 0 Å². The van der Waals surface area contributed by atoms with Gasteiger partial charge in [0.2, 0.25) is 0 Å². The van der Waals surface area contributed by atoms with E-state index in [-0.39, 0.29) is 0 Å². The van der Waals surface area contributed by atoms with Crippen LogP contribution in [0.1, 0.15) is 0 Å². The molecule has 0 aliphatic carbocycles. The third kappa shape index (κ3) is 5.22. The first-order valence-corrected chi connectivity index (χ1v) is 20.6. The van der Waals surface area contributed by atoms with Crippen molar-refractivity contribution in [2.45, 2.75) is 0 Å². The summed E-state index contributed by atoms with van der Waals surface area (Å²) < 4.78 is 7.35. The van der Waals surface area contributed by atoms with E-state index >= 15 is 0 Å². The van der Waals surface area contributed by atoms with Crippen LogP contribution in [0.25, 0.3) is 113 Å². The molecule has 4 heterocycles. The van der Waals surface area contributed by atoms with Crippen LogP contribution in [0.5, 0.6) is 0 Å². The van der Waals surface area contributed by atoms with E-state index in [0.29, 0.717) is 17.5 Å². The summed E-state index contributed by atoms with van der Waals surface area (Å²) >= 11 is 3.62. The van der Waals surface area contributed by atoms with Gasteiger partial charge >= 0.3 is 0 Å². The summed E-state index contributed by atoms with van der Waals surface area (Å²) in [6, 6.07) is 65.0. The predicted molar refractivity (Wildman–Crippen MR) is 242 cm³/mol. The molecule has 12 rings (SSSR count). The molecule has 0 N–H and O–H groups in total. The number of thiophene rings is 2. The van der Waals surface area contributed by atoms with Gasteiger partial charge in [0.05, 0.1) is 11.0 Å². The number of fused-ring (bicyclic) bond motifs is 9. The van der Waals surface area contributed by atoms with Gasteiger partial charge in [-0.25, -0.2) is 15.0 Å². The Morgan fingerprint density at radius 2 is 0.912 bits per heavy atom. The molecule has 0 saturated heterocycles. The average Bonchev–Trinajstić information content (AvgIpc) is 3.96. The lowest BCUT2D eigenvalue weighted by Crippen LogP contribution is -2.01. The summed E-state index contributed by atoms with van der Waals surface area (Å²) in [6.45, 7) is 0. The molecule has 0 amide bonds. The molecule has 6 heteroatoms. The topological polar surface area (TPSA) is 43.6 Å². The number of aromatic nitrogens is 4. The Balaban J connectivity index is 1.07. The third-order valence-electron chi connectivity index (χ3n) is 11.1. The molecule has 12 aromatic rings. The first kappa shape index (κ1) is 32.3. The van der Waals surface area contributed by atoms with Gasteiger partial charge in [-0.3, -0.25) is 0 Å². The quantitative estimate of drug-likeness (QED) is 0.175. The van der Waals surface area contributed by atoms with Crippen LogP contribution in [0.15, 0.2) is 182 Å². The van der Waals surface area contributed by atoms with Gasteiger partial charge in [0.15, 0.2) is 17.5 Å². The molecular weight excluding hydrogens is 733 g/mol. The minimum atomic E-state index is 0.635. The van der Waals surface area contributed by atoms with Crippen LogP contribution >= 0.6 is 22.7 Å². The fourth-order valence-corrected chi connectivity index (χ4v) is 10.6. The summed E-state index contributed by atoms with van der Waals surface area (Å²) in [4.78, 5) is 15.8. The molecule has 0 radical (unpaired) electrons. The molecule has 0 unspecified atom stereocenters. The van der Waals surface area contributed by atoms with E-state index in [1.807, 2.05) is 11.3 Å². The van der Waals surface area contributed by atoms with Gasteiger partial charge in [0, 0.05) is 73.5 Å². The zero-order valence-corrected chi connectivity index (χ0v) is 32.1. The van der Waals surface area contributed by atoms with Crippen molar-refractivity contribution in [2.24, 2.45) is 0 Å². The number of rotatable bonds is 5. The summed E-state index contributed by atoms with van der Waals surface area (Å²) in [6.07, 6.45) is 0. The molecule has 0 aliphatic rings. The molecule has 0 saturated carbocycles. The van der Waals surface area contributed by atoms with Gasteiger partial charge in [-0.2, -0.15) is 0 Å². The van der Waals surface area contributed by atoms with Gasteiger partial charge < -0.3 is 4.57 Å². The van der Waals surface area contributed by atoms with E-state index in [2.05, 4.69) is 187 Å². The first-order chi connectivity index (χ1) is 28.2. The van der Waals surface area contributed by atoms with Crippen LogP contribution in [-0.4, -0.2) is 19.5 Å². The predicted octanol–water partition coefficient (Wildman–Crippen LogP) is 14.4. The minimum Gasteiger partial charge on any atom is -0.309 e. The third-order valence-corrected chi connectivity index (χ3v) is 13.3. The number of benzene rings is 8. The fourth-order valence-electron chi connectivity index (χ4n) is 8.43. The Morgan fingerprint density at radius 3 is 1.77 bits per heavy atom. The lowest BCUT2D eigenvalue weighted by atomic mass is 10.0. The normalized spacial score (nSPS) is 11.9. The van der Waals surface area contributed by atoms with Crippen molar-refractivity contribution in [1.29, 1.82) is 0 Å². The highest BCUT2D eigenvalue weighted by Gasteiger charge is 2.19. The standard InChI is InChI=1S/C51H30N4S2/c1-2-12-31(13-3-1)32-24-26-43-40(29-32)36-16-4-7-20-42(36)55(43)35-15-10-14-33(28-35)49-52-50(34-25-27-46-41(30-34)37-17-5-8-21-44(37)56-46)54-51(53-49)39-19-11-23-47-48(39)38-18-6-9-22-45(38)57-47/h1-30H. The number of nitrogens with zero attached hydrogens (tertiary/aromatic N) is 4. The van der Waals surface area contributed by atoms with Crippen molar-refractivity contribution >= 4 is 84.8 Å². The lowest BCUT2D eigenvalue weighted by molar-refractivity contribution is 1.07. The molecular formula is C51H30N4S2. The second-order valence-electron chi connectivity index (χ2n) is 14.4. The molecule has 266 valence electrons. The summed E-state index contributed by atoms with van der Waals surface area (Å²) in [7, 11) is 0. The van der Waals surface area contributed by atoms with E-state index < -0.39 is 0 Å². The van der Waals surface area contributed by atoms with Crippen molar-refractivity contribution in [3.63, 3.8) is 0 Å². The smallest absolute Gasteiger partial charge is 0.164 e. The SMILES string of the molecule is c1ccc(-c2ccc3c(c2)c2ccccc2n3-c2cccc(-c3nc(-c4ccc5sc6ccccc6c5c4)nc(-c4cccc5sc6ccccc6c45)n3)c2)cc1. The number of hydrogen-bond acceptors (Lipinski definition) is 5. The molecule has 0 aliphatic heterocycles. The Morgan fingerprint density at radius 1 is 0.333 bits per heavy atom. The summed E-state index contributed by atoms with van der Waals surface area (Å²) in [5, 5.41) is 7.28. The largest absolute Gasteiger partial charge is 0.309 e. The Bertz CT molecular complexity index is 3540. The summed E-state index contributed by atoms with van der Waals surface area (Å²) in [5.74, 6) is 1.95. The van der Waals surface area contributed by atoms with Crippen LogP contribution in [0.2, 0.25) is 0 Å². The Kier molecular flexibility index (Phi) is 7.24. The highest BCUT2D eigenvalue weighted by Crippen LogP contribution is 2.41. The van der Waals surface area contributed by atoms with Crippen molar-refractivity contribution in [1.82, 2.24) is 19.5 Å². The second-order valence-corrected chi connectivity index (χ2v) is 16.6. The molecule has 8 aromatic carbocycles. The Labute approximate surface area is 335 Å². The van der Waals surface area contributed by atoms with Gasteiger partial charge in [0.25, 0.3) is 0 Å². The van der Waals surface area contributed by atoms with E-state index in [1.54, 1.807) is 11.3 Å². The zero-order valence-electron chi connectivity index (χ0n) is 30.4. The first-order valence-electron chi connectivity index (χ1n) is 19.0. The monoisotopic (exact) mass is 762 g/mol. The van der Waals surface area contributed by atoms with E-state index in [1.165, 1.54) is 62.2 Å². The van der Waals surface area contributed by atoms with Gasteiger partial charge in [-0.1, -0.05) is 115 Å². The maximum Gasteiger partial charge on any atom is 0.164 e. The van der Waals surface area contributed by atoms with Crippen molar-refractivity contribution in [3.8, 4) is 51.0 Å². The van der Waals surface area contributed by atoms with E-state index in [0.717, 1.165) is 33.4 Å². The molecule has 0 spiro atoms. The van der Waals surface area contributed by atoms with Crippen LogP contribution in [0, 0.1) is 0 Å². The average molecular weight is 763 g/mol. The summed E-state index contributed by atoms with van der Waals surface area (Å²) in [5.41, 5.74) is 8.65. The number of para-hydroxylation sites is 1. The molecule has 0 atom stereocenters. The maximum atomic E-state index is 5.31. The van der Waals surface area contributed by atoms with E-state index in [4.69, 9.17) is 15.0 Å². The minimum absolute atomic E-state index is 0.635. The van der Waals surface area contributed by atoms with Crippen LogP contribution < -0.4 is 0 Å². The van der Waals surface area contributed by atoms with Gasteiger partial charge in [-0.05, 0) is 77.9 Å². The second kappa shape index (κ2) is 12.8. The van der Waals surface area contributed by atoms with Crippen LogP contribution in [0.3, 0.4) is 0 Å².